The van der Waals surface area contributed by atoms with Crippen molar-refractivity contribution in [2.45, 2.75) is 13.5 Å². The molecule has 5 nitrogen and oxygen atoms in total. The SMILES string of the molecule is Cc1cccc(COc2c(I)cc(/C=C3\C(=O)NC(=S)N(c4ccccc4F)C3=O)cc2I)c1. The topological polar surface area (TPSA) is 58.6 Å². The van der Waals surface area contributed by atoms with Crippen molar-refractivity contribution in [2.75, 3.05) is 4.90 Å². The predicted octanol–water partition coefficient (Wildman–Crippen LogP) is 5.75. The van der Waals surface area contributed by atoms with Gasteiger partial charge in [-0.1, -0.05) is 42.0 Å². The van der Waals surface area contributed by atoms with Crippen LogP contribution in [0.4, 0.5) is 10.1 Å². The fraction of sp³-hybridized carbons (Fsp3) is 0.0800. The number of anilines is 1. The van der Waals surface area contributed by atoms with Crippen LogP contribution in [0.15, 0.2) is 66.2 Å². The van der Waals surface area contributed by atoms with Gasteiger partial charge in [0.2, 0.25) is 0 Å². The lowest BCUT2D eigenvalue weighted by Gasteiger charge is -2.29. The van der Waals surface area contributed by atoms with Crippen LogP contribution < -0.4 is 15.0 Å². The number of amides is 2. The Kier molecular flexibility index (Phi) is 7.63. The Morgan fingerprint density at radius 2 is 1.76 bits per heavy atom. The van der Waals surface area contributed by atoms with E-state index in [4.69, 9.17) is 17.0 Å². The molecule has 1 heterocycles. The van der Waals surface area contributed by atoms with Crippen molar-refractivity contribution in [3.8, 4) is 5.75 Å². The molecule has 9 heteroatoms. The van der Waals surface area contributed by atoms with Gasteiger partial charge in [0.15, 0.2) is 5.11 Å². The van der Waals surface area contributed by atoms with Crippen LogP contribution in [0, 0.1) is 19.9 Å². The minimum atomic E-state index is -0.691. The average molecular weight is 698 g/mol. The molecule has 2 amide bonds. The second-order valence-electron chi connectivity index (χ2n) is 7.50. The quantitative estimate of drug-likeness (QED) is 0.160. The van der Waals surface area contributed by atoms with Gasteiger partial charge < -0.3 is 4.74 Å². The molecule has 34 heavy (non-hydrogen) atoms. The number of benzene rings is 3. The fourth-order valence-corrected chi connectivity index (χ4v) is 5.84. The summed E-state index contributed by atoms with van der Waals surface area (Å²) in [6.07, 6.45) is 1.47. The Bertz CT molecular complexity index is 1340. The molecule has 0 radical (unpaired) electrons. The lowest BCUT2D eigenvalue weighted by molar-refractivity contribution is -0.122. The van der Waals surface area contributed by atoms with Gasteiger partial charge in [0, 0.05) is 0 Å². The third-order valence-corrected chi connectivity index (χ3v) is 6.88. The second-order valence-corrected chi connectivity index (χ2v) is 10.2. The number of hydrogen-bond donors (Lipinski definition) is 1. The summed E-state index contributed by atoms with van der Waals surface area (Å²) in [6.45, 7) is 2.45. The van der Waals surface area contributed by atoms with Crippen LogP contribution in [-0.2, 0) is 16.2 Å². The predicted molar refractivity (Wildman–Crippen MR) is 150 cm³/mol. The average Bonchev–Trinajstić information content (AvgIpc) is 2.77. The van der Waals surface area contributed by atoms with E-state index in [-0.39, 0.29) is 16.4 Å². The molecule has 1 saturated heterocycles. The highest BCUT2D eigenvalue weighted by molar-refractivity contribution is 14.1. The van der Waals surface area contributed by atoms with Crippen molar-refractivity contribution in [2.24, 2.45) is 0 Å². The van der Waals surface area contributed by atoms with E-state index in [9.17, 15) is 14.0 Å². The molecule has 1 N–H and O–H groups in total. The van der Waals surface area contributed by atoms with Gasteiger partial charge in [0.05, 0.1) is 12.8 Å². The highest BCUT2D eigenvalue weighted by Crippen LogP contribution is 2.31. The molecule has 0 aliphatic carbocycles. The number of ether oxygens (including phenoxy) is 1. The highest BCUT2D eigenvalue weighted by atomic mass is 127. The van der Waals surface area contributed by atoms with Crippen molar-refractivity contribution >= 4 is 86.1 Å². The fourth-order valence-electron chi connectivity index (χ4n) is 3.43. The number of nitrogens with one attached hydrogen (secondary N) is 1. The lowest BCUT2D eigenvalue weighted by atomic mass is 10.1. The summed E-state index contributed by atoms with van der Waals surface area (Å²) in [5, 5.41) is 2.31. The van der Waals surface area contributed by atoms with Crippen LogP contribution in [-0.4, -0.2) is 16.9 Å². The first kappa shape index (κ1) is 24.7. The summed E-state index contributed by atoms with van der Waals surface area (Å²) in [4.78, 5) is 26.7. The van der Waals surface area contributed by atoms with Gasteiger partial charge in [0.1, 0.15) is 23.7 Å². The van der Waals surface area contributed by atoms with Gasteiger partial charge in [-0.05, 0) is 106 Å². The molecule has 0 saturated carbocycles. The van der Waals surface area contributed by atoms with E-state index in [2.05, 4.69) is 56.6 Å². The normalized spacial score (nSPS) is 15.0. The molecule has 172 valence electrons. The maximum atomic E-state index is 14.3. The number of carbonyl (C=O) groups is 2. The van der Waals surface area contributed by atoms with Crippen molar-refractivity contribution in [1.29, 1.82) is 0 Å². The standard InChI is InChI=1S/C25H17FI2N2O3S/c1-14-5-4-6-15(9-14)13-33-22-19(27)11-16(12-20(22)28)10-17-23(31)29-25(34)30(24(17)32)21-8-3-2-7-18(21)26/h2-12H,13H2,1H3,(H,29,31,34)/b17-10+. The Balaban J connectivity index is 1.62. The van der Waals surface area contributed by atoms with Crippen LogP contribution in [0.1, 0.15) is 16.7 Å². The first-order valence-electron chi connectivity index (χ1n) is 10.1. The molecule has 0 atom stereocenters. The monoisotopic (exact) mass is 698 g/mol. The summed E-state index contributed by atoms with van der Waals surface area (Å²) in [5.74, 6) is -1.22. The summed E-state index contributed by atoms with van der Waals surface area (Å²) >= 11 is 9.46. The summed E-state index contributed by atoms with van der Waals surface area (Å²) in [5.41, 5.74) is 2.69. The van der Waals surface area contributed by atoms with Crippen LogP contribution in [0.5, 0.6) is 5.75 Å². The number of thiocarbonyl (C=S) groups is 1. The van der Waals surface area contributed by atoms with E-state index in [1.54, 1.807) is 6.07 Å². The third kappa shape index (κ3) is 5.31. The maximum Gasteiger partial charge on any atom is 0.270 e. The van der Waals surface area contributed by atoms with E-state index in [1.165, 1.54) is 24.3 Å². The number of hydrogen-bond acceptors (Lipinski definition) is 4. The zero-order chi connectivity index (χ0) is 24.4. The van der Waals surface area contributed by atoms with Crippen LogP contribution in [0.2, 0.25) is 0 Å². The summed E-state index contributed by atoms with van der Waals surface area (Å²) in [6, 6.07) is 17.5. The molecular formula is C25H17FI2N2O3S. The van der Waals surface area contributed by atoms with Crippen molar-refractivity contribution in [1.82, 2.24) is 5.32 Å². The number of carbonyl (C=O) groups excluding carboxylic acids is 2. The zero-order valence-corrected chi connectivity index (χ0v) is 22.9. The molecule has 1 fully saturated rings. The lowest BCUT2D eigenvalue weighted by Crippen LogP contribution is -2.54. The Hall–Kier alpha value is -2.38. The Morgan fingerprint density at radius 1 is 1.06 bits per heavy atom. The molecule has 1 aliphatic heterocycles. The number of para-hydroxylation sites is 1. The van der Waals surface area contributed by atoms with E-state index in [0.717, 1.165) is 28.9 Å². The highest BCUT2D eigenvalue weighted by Gasteiger charge is 2.35. The third-order valence-electron chi connectivity index (χ3n) is 4.99. The smallest absolute Gasteiger partial charge is 0.270 e. The van der Waals surface area contributed by atoms with E-state index >= 15 is 0 Å². The minimum Gasteiger partial charge on any atom is -0.487 e. The maximum absolute atomic E-state index is 14.3. The van der Waals surface area contributed by atoms with Crippen LogP contribution in [0.25, 0.3) is 6.08 Å². The van der Waals surface area contributed by atoms with Gasteiger partial charge in [0.25, 0.3) is 11.8 Å². The molecule has 0 aromatic heterocycles. The van der Waals surface area contributed by atoms with Crippen molar-refractivity contribution < 1.29 is 18.7 Å². The number of nitrogens with zero attached hydrogens (tertiary/aromatic N) is 1. The molecule has 4 rings (SSSR count). The van der Waals surface area contributed by atoms with Crippen molar-refractivity contribution in [3.63, 3.8) is 0 Å². The zero-order valence-electron chi connectivity index (χ0n) is 17.8. The second kappa shape index (κ2) is 10.5. The Morgan fingerprint density at radius 3 is 2.44 bits per heavy atom. The molecule has 0 spiro atoms. The van der Waals surface area contributed by atoms with Crippen molar-refractivity contribution in [3.05, 3.63) is 95.9 Å². The first-order valence-corrected chi connectivity index (χ1v) is 12.6. The number of halogens is 3. The van der Waals surface area contributed by atoms with Gasteiger partial charge in [-0.2, -0.15) is 0 Å². The van der Waals surface area contributed by atoms with E-state index < -0.39 is 17.6 Å². The number of aryl methyl sites for hydroxylation is 1. The number of rotatable bonds is 5. The first-order chi connectivity index (χ1) is 16.2. The molecule has 3 aromatic carbocycles. The van der Waals surface area contributed by atoms with Gasteiger partial charge in [-0.3, -0.25) is 14.9 Å². The largest absolute Gasteiger partial charge is 0.487 e. The minimum absolute atomic E-state index is 0.0209. The van der Waals surface area contributed by atoms with Gasteiger partial charge >= 0.3 is 0 Å². The molecule has 0 unspecified atom stereocenters. The van der Waals surface area contributed by atoms with Gasteiger partial charge in [-0.15, -0.1) is 0 Å². The summed E-state index contributed by atoms with van der Waals surface area (Å²) in [7, 11) is 0. The van der Waals surface area contributed by atoms with E-state index in [1.807, 2.05) is 37.3 Å². The van der Waals surface area contributed by atoms with Gasteiger partial charge in [-0.25, -0.2) is 9.29 Å². The van der Waals surface area contributed by atoms with Crippen LogP contribution >= 0.6 is 57.4 Å². The Labute approximate surface area is 228 Å². The molecule has 1 aliphatic rings. The van der Waals surface area contributed by atoms with E-state index in [0.29, 0.717) is 12.2 Å². The molecule has 0 bridgehead atoms. The summed E-state index contributed by atoms with van der Waals surface area (Å²) < 4.78 is 22.0. The molecule has 3 aromatic rings. The van der Waals surface area contributed by atoms with Crippen LogP contribution in [0.3, 0.4) is 0 Å². The molecular weight excluding hydrogens is 681 g/mol.